The molecule has 0 aromatic carbocycles. The van der Waals surface area contributed by atoms with E-state index in [1.807, 2.05) is 0 Å². The average Bonchev–Trinajstić information content (AvgIpc) is 2.87. The highest BCUT2D eigenvalue weighted by molar-refractivity contribution is 5.35. The van der Waals surface area contributed by atoms with Gasteiger partial charge in [0.1, 0.15) is 0 Å². The standard InChI is InChI=1S/C23H33NO/c1-4-23(14-24)15(2)11-21-20-12-16(13-25)17-7-5-6-8-18(17)19(20)9-10-22(21,23)3/h7,16,18-21,25H,2,4-6,8-13H2,1,3H3/t16-,18+,19-,20-,21+,22+,23+/m1/s1. The van der Waals surface area contributed by atoms with Crippen molar-refractivity contribution >= 4 is 0 Å². The van der Waals surface area contributed by atoms with Gasteiger partial charge in [0.05, 0.1) is 11.5 Å². The van der Waals surface area contributed by atoms with Crippen LogP contribution in [0.5, 0.6) is 0 Å². The molecule has 0 saturated heterocycles. The molecule has 0 amide bonds. The maximum Gasteiger partial charge on any atom is 0.0833 e. The van der Waals surface area contributed by atoms with Gasteiger partial charge in [-0.2, -0.15) is 5.26 Å². The molecular weight excluding hydrogens is 306 g/mol. The van der Waals surface area contributed by atoms with E-state index in [0.29, 0.717) is 30.3 Å². The van der Waals surface area contributed by atoms with E-state index in [1.54, 1.807) is 5.57 Å². The first-order chi connectivity index (χ1) is 12.0. The molecule has 25 heavy (non-hydrogen) atoms. The Morgan fingerprint density at radius 3 is 2.84 bits per heavy atom. The normalized spacial score (nSPS) is 48.8. The second kappa shape index (κ2) is 5.98. The van der Waals surface area contributed by atoms with E-state index >= 15 is 0 Å². The Labute approximate surface area is 153 Å². The number of hydrogen-bond donors (Lipinski definition) is 1. The summed E-state index contributed by atoms with van der Waals surface area (Å²) >= 11 is 0. The van der Waals surface area contributed by atoms with Crippen LogP contribution in [0.1, 0.15) is 65.2 Å². The largest absolute Gasteiger partial charge is 0.396 e. The highest BCUT2D eigenvalue weighted by atomic mass is 16.3. The maximum atomic E-state index is 10.1. The topological polar surface area (TPSA) is 44.0 Å². The molecule has 7 atom stereocenters. The van der Waals surface area contributed by atoms with Crippen molar-refractivity contribution in [1.82, 2.24) is 0 Å². The Bertz CT molecular complexity index is 643. The summed E-state index contributed by atoms with van der Waals surface area (Å²) in [5.74, 6) is 3.07. The Kier molecular flexibility index (Phi) is 4.15. The van der Waals surface area contributed by atoms with Gasteiger partial charge >= 0.3 is 0 Å². The van der Waals surface area contributed by atoms with Crippen molar-refractivity contribution in [1.29, 1.82) is 5.26 Å². The Morgan fingerprint density at radius 2 is 2.16 bits per heavy atom. The van der Waals surface area contributed by atoms with E-state index in [2.05, 4.69) is 32.6 Å². The summed E-state index contributed by atoms with van der Waals surface area (Å²) in [5.41, 5.74) is 2.51. The molecule has 0 aromatic rings. The van der Waals surface area contributed by atoms with Crippen molar-refractivity contribution in [2.45, 2.75) is 65.2 Å². The summed E-state index contributed by atoms with van der Waals surface area (Å²) in [7, 11) is 0. The van der Waals surface area contributed by atoms with Gasteiger partial charge < -0.3 is 5.11 Å². The third kappa shape index (κ3) is 2.11. The number of fused-ring (bicyclic) bond motifs is 5. The van der Waals surface area contributed by atoms with E-state index in [9.17, 15) is 10.4 Å². The van der Waals surface area contributed by atoms with Gasteiger partial charge in [-0.25, -0.2) is 0 Å². The molecule has 3 saturated carbocycles. The van der Waals surface area contributed by atoms with Crippen LogP contribution in [-0.2, 0) is 0 Å². The van der Waals surface area contributed by atoms with Gasteiger partial charge in [0.15, 0.2) is 0 Å². The molecule has 0 bridgehead atoms. The number of hydrogen-bond acceptors (Lipinski definition) is 2. The number of nitriles is 1. The van der Waals surface area contributed by atoms with Crippen LogP contribution in [0, 0.1) is 51.8 Å². The van der Waals surface area contributed by atoms with Crippen molar-refractivity contribution in [2.75, 3.05) is 6.61 Å². The Hall–Kier alpha value is -1.07. The second-order valence-corrected chi connectivity index (χ2v) is 9.43. The predicted octanol–water partition coefficient (Wildman–Crippen LogP) is 5.25. The second-order valence-electron chi connectivity index (χ2n) is 9.43. The van der Waals surface area contributed by atoms with Crippen molar-refractivity contribution in [3.63, 3.8) is 0 Å². The fourth-order valence-electron chi connectivity index (χ4n) is 7.66. The average molecular weight is 340 g/mol. The first-order valence-electron chi connectivity index (χ1n) is 10.4. The lowest BCUT2D eigenvalue weighted by atomic mass is 9.47. The van der Waals surface area contributed by atoms with Gasteiger partial charge in [-0.15, -0.1) is 0 Å². The van der Waals surface area contributed by atoms with Gasteiger partial charge in [-0.3, -0.25) is 0 Å². The van der Waals surface area contributed by atoms with Crippen molar-refractivity contribution < 1.29 is 5.11 Å². The zero-order valence-corrected chi connectivity index (χ0v) is 15.9. The van der Waals surface area contributed by atoms with Crippen LogP contribution in [0.4, 0.5) is 0 Å². The predicted molar refractivity (Wildman–Crippen MR) is 101 cm³/mol. The highest BCUT2D eigenvalue weighted by Crippen LogP contribution is 2.70. The van der Waals surface area contributed by atoms with Crippen LogP contribution in [0.3, 0.4) is 0 Å². The quantitative estimate of drug-likeness (QED) is 0.698. The zero-order chi connectivity index (χ0) is 17.8. The fraction of sp³-hybridized carbons (Fsp3) is 0.783. The summed E-state index contributed by atoms with van der Waals surface area (Å²) in [5, 5.41) is 20.2. The van der Waals surface area contributed by atoms with Crippen LogP contribution in [0.2, 0.25) is 0 Å². The molecule has 0 aliphatic heterocycles. The van der Waals surface area contributed by atoms with Gasteiger partial charge in [0.25, 0.3) is 0 Å². The van der Waals surface area contributed by atoms with Crippen LogP contribution < -0.4 is 0 Å². The molecule has 0 radical (unpaired) electrons. The minimum atomic E-state index is -0.333. The van der Waals surface area contributed by atoms with E-state index in [4.69, 9.17) is 0 Å². The molecule has 0 spiro atoms. The summed E-state index contributed by atoms with van der Waals surface area (Å²) in [6.07, 6.45) is 11.8. The van der Waals surface area contributed by atoms with E-state index in [-0.39, 0.29) is 10.8 Å². The highest BCUT2D eigenvalue weighted by Gasteiger charge is 2.64. The van der Waals surface area contributed by atoms with E-state index < -0.39 is 0 Å². The summed E-state index contributed by atoms with van der Waals surface area (Å²) in [6, 6.07) is 2.73. The molecule has 3 fully saturated rings. The Morgan fingerprint density at radius 1 is 1.36 bits per heavy atom. The number of nitrogens with zero attached hydrogens (tertiary/aromatic N) is 1. The summed E-state index contributed by atoms with van der Waals surface area (Å²) < 4.78 is 0. The van der Waals surface area contributed by atoms with Crippen molar-refractivity contribution in [3.8, 4) is 6.07 Å². The summed E-state index contributed by atoms with van der Waals surface area (Å²) in [6.45, 7) is 9.25. The smallest absolute Gasteiger partial charge is 0.0833 e. The lowest BCUT2D eigenvalue weighted by Crippen LogP contribution is -2.51. The van der Waals surface area contributed by atoms with Crippen molar-refractivity contribution in [2.24, 2.45) is 40.4 Å². The van der Waals surface area contributed by atoms with Gasteiger partial charge in [0.2, 0.25) is 0 Å². The zero-order valence-electron chi connectivity index (χ0n) is 15.9. The molecule has 4 rings (SSSR count). The molecule has 2 heteroatoms. The SMILES string of the molecule is C=C1C[C@H]2[C@@H]3C[C@H](CO)C4=CCCC[C@@H]4[C@H]3CC[C@]2(C)[C@]1(C#N)CC. The van der Waals surface area contributed by atoms with E-state index in [1.165, 1.54) is 37.7 Å². The molecule has 1 N–H and O–H groups in total. The number of rotatable bonds is 2. The minimum Gasteiger partial charge on any atom is -0.396 e. The summed E-state index contributed by atoms with van der Waals surface area (Å²) in [4.78, 5) is 0. The van der Waals surface area contributed by atoms with Gasteiger partial charge in [0, 0.05) is 12.5 Å². The third-order valence-corrected chi connectivity index (χ3v) is 8.94. The molecule has 4 aliphatic rings. The maximum absolute atomic E-state index is 10.1. The molecule has 0 heterocycles. The first-order valence-corrected chi connectivity index (χ1v) is 10.4. The molecule has 0 aromatic heterocycles. The minimum absolute atomic E-state index is 0.0740. The molecule has 2 nitrogen and oxygen atoms in total. The van der Waals surface area contributed by atoms with Crippen LogP contribution in [0.15, 0.2) is 23.8 Å². The fourth-order valence-corrected chi connectivity index (χ4v) is 7.66. The van der Waals surface area contributed by atoms with Crippen molar-refractivity contribution in [3.05, 3.63) is 23.8 Å². The third-order valence-electron chi connectivity index (χ3n) is 8.94. The van der Waals surface area contributed by atoms with Gasteiger partial charge in [-0.1, -0.05) is 37.6 Å². The molecular formula is C23H33NO. The van der Waals surface area contributed by atoms with E-state index in [0.717, 1.165) is 25.2 Å². The number of aliphatic hydroxyl groups is 1. The lowest BCUT2D eigenvalue weighted by molar-refractivity contribution is -0.0523. The monoisotopic (exact) mass is 339 g/mol. The first kappa shape index (κ1) is 17.3. The lowest BCUT2D eigenvalue weighted by Gasteiger charge is -2.56. The van der Waals surface area contributed by atoms with Crippen LogP contribution in [-0.4, -0.2) is 11.7 Å². The molecule has 0 unspecified atom stereocenters. The van der Waals surface area contributed by atoms with Crippen LogP contribution >= 0.6 is 0 Å². The van der Waals surface area contributed by atoms with Gasteiger partial charge in [-0.05, 0) is 80.5 Å². The number of allylic oxidation sites excluding steroid dienone is 2. The Balaban J connectivity index is 1.73. The molecule has 136 valence electrons. The molecule has 4 aliphatic carbocycles. The number of aliphatic hydroxyl groups excluding tert-OH is 1. The van der Waals surface area contributed by atoms with Crippen LogP contribution in [0.25, 0.3) is 0 Å².